The second-order valence-corrected chi connectivity index (χ2v) is 6.76. The molecular formula is C23H31NO2. The largest absolute Gasteiger partial charge is 0.481 e. The van der Waals surface area contributed by atoms with Gasteiger partial charge in [0.15, 0.2) is 0 Å². The van der Waals surface area contributed by atoms with Gasteiger partial charge in [0, 0.05) is 5.41 Å². The lowest BCUT2D eigenvalue weighted by atomic mass is 9.63. The number of aliphatic carboxylic acids is 1. The van der Waals surface area contributed by atoms with Gasteiger partial charge in [-0.15, -0.1) is 0 Å². The van der Waals surface area contributed by atoms with Gasteiger partial charge in [0.2, 0.25) is 0 Å². The molecule has 140 valence electrons. The molecule has 2 aromatic carbocycles. The zero-order valence-corrected chi connectivity index (χ0v) is 16.2. The molecule has 0 saturated heterocycles. The first-order valence-electron chi connectivity index (χ1n) is 9.66. The predicted octanol–water partition coefficient (Wildman–Crippen LogP) is 4.82. The highest BCUT2D eigenvalue weighted by atomic mass is 16.4. The van der Waals surface area contributed by atoms with Crippen LogP contribution >= 0.6 is 0 Å². The molecule has 0 aromatic heterocycles. The number of carboxylic acid groups (broad SMARTS) is 1. The fraction of sp³-hybridized carbons (Fsp3) is 0.435. The Balaban J connectivity index is 2.54. The minimum atomic E-state index is -0.716. The first-order valence-corrected chi connectivity index (χ1v) is 9.66. The van der Waals surface area contributed by atoms with E-state index in [2.05, 4.69) is 49.9 Å². The van der Waals surface area contributed by atoms with Gasteiger partial charge in [-0.25, -0.2) is 0 Å². The van der Waals surface area contributed by atoms with Crippen LogP contribution in [0, 0.1) is 5.92 Å². The van der Waals surface area contributed by atoms with Gasteiger partial charge in [0.25, 0.3) is 0 Å². The van der Waals surface area contributed by atoms with Crippen molar-refractivity contribution in [3.63, 3.8) is 0 Å². The lowest BCUT2D eigenvalue weighted by Crippen LogP contribution is -2.42. The number of hydrogen-bond acceptors (Lipinski definition) is 2. The first kappa shape index (κ1) is 20.2. The molecule has 0 heterocycles. The first-order chi connectivity index (χ1) is 12.6. The van der Waals surface area contributed by atoms with E-state index >= 15 is 0 Å². The van der Waals surface area contributed by atoms with Crippen molar-refractivity contribution in [2.75, 3.05) is 19.6 Å². The standard InChI is InChI=1S/C23H31NO2/c1-4-23(19-13-9-7-10-14-19,20-15-11-8-12-16-20)21(22(25)26)17-18-24(5-2)6-3/h7-16,21H,4-6,17-18H2,1-3H3,(H,25,26). The Morgan fingerprint density at radius 1 is 0.923 bits per heavy atom. The highest BCUT2D eigenvalue weighted by Gasteiger charge is 2.44. The molecule has 3 nitrogen and oxygen atoms in total. The van der Waals surface area contributed by atoms with Crippen molar-refractivity contribution in [3.8, 4) is 0 Å². The maximum atomic E-state index is 12.4. The fourth-order valence-corrected chi connectivity index (χ4v) is 4.13. The Kier molecular flexibility index (Phi) is 7.40. The summed E-state index contributed by atoms with van der Waals surface area (Å²) >= 11 is 0. The minimum Gasteiger partial charge on any atom is -0.481 e. The van der Waals surface area contributed by atoms with Crippen molar-refractivity contribution in [1.29, 1.82) is 0 Å². The van der Waals surface area contributed by atoms with Crippen molar-refractivity contribution in [2.45, 2.75) is 39.0 Å². The van der Waals surface area contributed by atoms with Crippen LogP contribution in [0.5, 0.6) is 0 Å². The molecule has 1 N–H and O–H groups in total. The van der Waals surface area contributed by atoms with Gasteiger partial charge in [-0.05, 0) is 43.6 Å². The molecule has 0 amide bonds. The molecule has 2 rings (SSSR count). The molecule has 0 aliphatic carbocycles. The third-order valence-corrected chi connectivity index (χ3v) is 5.66. The van der Waals surface area contributed by atoms with Gasteiger partial charge in [0.05, 0.1) is 5.92 Å². The molecule has 0 radical (unpaired) electrons. The van der Waals surface area contributed by atoms with Gasteiger partial charge in [0.1, 0.15) is 0 Å². The van der Waals surface area contributed by atoms with E-state index in [0.29, 0.717) is 6.42 Å². The number of hydrogen-bond donors (Lipinski definition) is 1. The Morgan fingerprint density at radius 3 is 1.73 bits per heavy atom. The Hall–Kier alpha value is -2.13. The average Bonchev–Trinajstić information content (AvgIpc) is 2.69. The number of benzene rings is 2. The highest BCUT2D eigenvalue weighted by molar-refractivity contribution is 5.74. The minimum absolute atomic E-state index is 0.474. The quantitative estimate of drug-likeness (QED) is 0.666. The summed E-state index contributed by atoms with van der Waals surface area (Å²) in [6.07, 6.45) is 1.38. The van der Waals surface area contributed by atoms with E-state index in [9.17, 15) is 9.90 Å². The van der Waals surface area contributed by atoms with Gasteiger partial charge in [-0.2, -0.15) is 0 Å². The van der Waals surface area contributed by atoms with Crippen LogP contribution in [-0.4, -0.2) is 35.6 Å². The lowest BCUT2D eigenvalue weighted by molar-refractivity contribution is -0.144. The monoisotopic (exact) mass is 353 g/mol. The molecule has 0 fully saturated rings. The molecule has 0 saturated carbocycles. The van der Waals surface area contributed by atoms with Crippen LogP contribution in [0.4, 0.5) is 0 Å². The summed E-state index contributed by atoms with van der Waals surface area (Å²) in [5.41, 5.74) is 1.64. The summed E-state index contributed by atoms with van der Waals surface area (Å²) in [4.78, 5) is 14.7. The highest BCUT2D eigenvalue weighted by Crippen LogP contribution is 2.44. The molecule has 1 unspecified atom stereocenters. The van der Waals surface area contributed by atoms with Crippen LogP contribution < -0.4 is 0 Å². The zero-order valence-electron chi connectivity index (χ0n) is 16.2. The van der Waals surface area contributed by atoms with Crippen molar-refractivity contribution >= 4 is 5.97 Å². The second-order valence-electron chi connectivity index (χ2n) is 6.76. The molecule has 1 atom stereocenters. The van der Waals surface area contributed by atoms with E-state index in [1.807, 2.05) is 36.4 Å². The zero-order chi connectivity index (χ0) is 19.0. The number of rotatable bonds is 10. The van der Waals surface area contributed by atoms with Gasteiger partial charge in [-0.1, -0.05) is 81.4 Å². The van der Waals surface area contributed by atoms with E-state index in [-0.39, 0.29) is 0 Å². The molecular weight excluding hydrogens is 322 g/mol. The van der Waals surface area contributed by atoms with E-state index in [0.717, 1.165) is 37.2 Å². The van der Waals surface area contributed by atoms with Crippen LogP contribution in [0.2, 0.25) is 0 Å². The predicted molar refractivity (Wildman–Crippen MR) is 107 cm³/mol. The second kappa shape index (κ2) is 9.54. The van der Waals surface area contributed by atoms with Gasteiger partial charge in [-0.3, -0.25) is 4.79 Å². The van der Waals surface area contributed by atoms with E-state index < -0.39 is 17.3 Å². The van der Waals surface area contributed by atoms with Gasteiger partial charge < -0.3 is 10.0 Å². The third kappa shape index (κ3) is 4.16. The van der Waals surface area contributed by atoms with Crippen molar-refractivity contribution in [1.82, 2.24) is 4.90 Å². The third-order valence-electron chi connectivity index (χ3n) is 5.66. The molecule has 0 aliphatic heterocycles. The summed E-state index contributed by atoms with van der Waals surface area (Å²) < 4.78 is 0. The molecule has 3 heteroatoms. The summed E-state index contributed by atoms with van der Waals surface area (Å²) in [5, 5.41) is 10.2. The number of nitrogens with zero attached hydrogens (tertiary/aromatic N) is 1. The van der Waals surface area contributed by atoms with E-state index in [1.54, 1.807) is 0 Å². The van der Waals surface area contributed by atoms with E-state index in [1.165, 1.54) is 0 Å². The van der Waals surface area contributed by atoms with E-state index in [4.69, 9.17) is 0 Å². The smallest absolute Gasteiger partial charge is 0.307 e. The summed E-state index contributed by atoms with van der Waals surface area (Å²) in [6, 6.07) is 20.3. The average molecular weight is 354 g/mol. The van der Waals surface area contributed by atoms with Crippen LogP contribution in [-0.2, 0) is 10.2 Å². The number of carbonyl (C=O) groups is 1. The molecule has 0 aliphatic rings. The van der Waals surface area contributed by atoms with Crippen molar-refractivity contribution in [2.24, 2.45) is 5.92 Å². The van der Waals surface area contributed by atoms with Crippen LogP contribution in [0.25, 0.3) is 0 Å². The Morgan fingerprint density at radius 2 is 1.38 bits per heavy atom. The van der Waals surface area contributed by atoms with Gasteiger partial charge >= 0.3 is 5.97 Å². The van der Waals surface area contributed by atoms with Crippen LogP contribution in [0.15, 0.2) is 60.7 Å². The molecule has 2 aromatic rings. The maximum absolute atomic E-state index is 12.4. The van der Waals surface area contributed by atoms with Crippen LogP contribution in [0.3, 0.4) is 0 Å². The Bertz CT molecular complexity index is 626. The SMILES string of the molecule is CCN(CC)CCC(C(=O)O)C(CC)(c1ccccc1)c1ccccc1. The molecule has 0 bridgehead atoms. The summed E-state index contributed by atoms with van der Waals surface area (Å²) in [6.45, 7) is 9.04. The summed E-state index contributed by atoms with van der Waals surface area (Å²) in [5.74, 6) is -1.19. The van der Waals surface area contributed by atoms with Crippen molar-refractivity contribution < 1.29 is 9.90 Å². The normalized spacial score (nSPS) is 12.9. The molecule has 26 heavy (non-hydrogen) atoms. The maximum Gasteiger partial charge on any atom is 0.307 e. The lowest BCUT2D eigenvalue weighted by Gasteiger charge is -2.40. The molecule has 0 spiro atoms. The van der Waals surface area contributed by atoms with Crippen LogP contribution in [0.1, 0.15) is 44.7 Å². The number of carboxylic acids is 1. The van der Waals surface area contributed by atoms with Crippen molar-refractivity contribution in [3.05, 3.63) is 71.8 Å². The Labute approximate surface area is 157 Å². The fourth-order valence-electron chi connectivity index (χ4n) is 4.13. The summed E-state index contributed by atoms with van der Waals surface area (Å²) in [7, 11) is 0. The topological polar surface area (TPSA) is 40.5 Å².